The quantitative estimate of drug-likeness (QED) is 0.245. The van der Waals surface area contributed by atoms with Gasteiger partial charge in [-0.25, -0.2) is 24.0 Å². The summed E-state index contributed by atoms with van der Waals surface area (Å²) in [4.78, 5) is 73.5. The molecule has 1 atom stereocenters. The second-order valence-corrected chi connectivity index (χ2v) is 11.4. The molecule has 2 aliphatic rings. The smallest absolute Gasteiger partial charge is 0.300 e. The van der Waals surface area contributed by atoms with E-state index in [1.807, 2.05) is 0 Å². The molecule has 1 unspecified atom stereocenters. The summed E-state index contributed by atoms with van der Waals surface area (Å²) in [5, 5.41) is -1.73. The van der Waals surface area contributed by atoms with Crippen LogP contribution in [0.1, 0.15) is 37.4 Å². The lowest BCUT2D eigenvalue weighted by molar-refractivity contribution is -0.136. The molecule has 2 heterocycles. The van der Waals surface area contributed by atoms with E-state index in [9.17, 15) is 41.2 Å². The van der Waals surface area contributed by atoms with Crippen molar-refractivity contribution >= 4 is 73.0 Å². The van der Waals surface area contributed by atoms with Crippen molar-refractivity contribution in [2.45, 2.75) is 6.92 Å². The van der Waals surface area contributed by atoms with Crippen LogP contribution in [0.15, 0.2) is 76.7 Å². The van der Waals surface area contributed by atoms with Gasteiger partial charge in [0.2, 0.25) is 11.1 Å². The molecule has 0 aromatic heterocycles. The summed E-state index contributed by atoms with van der Waals surface area (Å²) in [6.45, 7) is 1.55. The van der Waals surface area contributed by atoms with Gasteiger partial charge in [-0.05, 0) is 31.2 Å². The minimum atomic E-state index is -4.78. The van der Waals surface area contributed by atoms with Gasteiger partial charge in [0.05, 0.1) is 22.5 Å². The van der Waals surface area contributed by atoms with Gasteiger partial charge < -0.3 is 0 Å². The van der Waals surface area contributed by atoms with Crippen molar-refractivity contribution in [1.82, 2.24) is 9.80 Å². The van der Waals surface area contributed by atoms with Crippen LogP contribution in [0.4, 0.5) is 11.4 Å². The second-order valence-electron chi connectivity index (χ2n) is 9.13. The van der Waals surface area contributed by atoms with Crippen LogP contribution in [-0.4, -0.2) is 77.7 Å². The van der Waals surface area contributed by atoms with Crippen molar-refractivity contribution in [2.75, 3.05) is 5.75 Å². The average molecular weight is 623 g/mol. The summed E-state index contributed by atoms with van der Waals surface area (Å²) >= 11 is -3.19. The Balaban J connectivity index is 1.65. The maximum absolute atomic E-state index is 13.0. The van der Waals surface area contributed by atoms with Crippen molar-refractivity contribution in [3.8, 4) is 0 Å². The molecule has 0 saturated heterocycles. The number of amidine groups is 2. The van der Waals surface area contributed by atoms with E-state index in [0.29, 0.717) is 15.4 Å². The number of hydrogen-bond donors (Lipinski definition) is 2. The van der Waals surface area contributed by atoms with Crippen LogP contribution in [0.2, 0.25) is 0 Å². The van der Waals surface area contributed by atoms with Gasteiger partial charge in [0.25, 0.3) is 27.8 Å². The van der Waals surface area contributed by atoms with Crippen molar-refractivity contribution in [1.29, 1.82) is 0 Å². The SMILES string of the molecule is Cc1c(N=C2c3ccccc3C(=O)N2C(=O)CS(=O)(=O)O)cccc1N=C1c2ccccc2C(=O)N1C(=O)C(=O)S(=O)O. The lowest BCUT2D eigenvalue weighted by Crippen LogP contribution is -2.42. The number of benzene rings is 3. The molecule has 218 valence electrons. The molecule has 0 fully saturated rings. The molecule has 0 saturated carbocycles. The van der Waals surface area contributed by atoms with Gasteiger partial charge in [-0.1, -0.05) is 42.5 Å². The molecule has 43 heavy (non-hydrogen) atoms. The molecule has 3 aromatic rings. The van der Waals surface area contributed by atoms with Gasteiger partial charge in [-0.3, -0.25) is 33.1 Å². The Kier molecular flexibility index (Phi) is 7.53. The molecule has 14 nitrogen and oxygen atoms in total. The van der Waals surface area contributed by atoms with Gasteiger partial charge in [0.15, 0.2) is 17.4 Å². The largest absolute Gasteiger partial charge is 0.334 e. The number of amides is 4. The maximum Gasteiger partial charge on any atom is 0.334 e. The summed E-state index contributed by atoms with van der Waals surface area (Å²) < 4.78 is 52.5. The van der Waals surface area contributed by atoms with E-state index in [-0.39, 0.29) is 45.3 Å². The molecule has 0 spiro atoms. The number of nitrogens with zero attached hydrogens (tertiary/aromatic N) is 4. The highest BCUT2D eigenvalue weighted by Gasteiger charge is 2.42. The highest BCUT2D eigenvalue weighted by molar-refractivity contribution is 7.97. The highest BCUT2D eigenvalue weighted by Crippen LogP contribution is 2.34. The molecule has 0 aliphatic carbocycles. The summed E-state index contributed by atoms with van der Waals surface area (Å²) in [5.41, 5.74) is 1.07. The standard InChI is InChI=1S/C27H18N4O10S2/c1-14-19(28-22-15-7-2-4-9-17(15)24(33)30(22)21(32)13-43(39,40)41)11-6-12-20(14)29-23-16-8-3-5-10-18(16)25(34)31(23)26(35)27(36)42(37)38/h2-12H,13H2,1H3,(H,37,38)(H,39,40,41). The molecule has 0 radical (unpaired) electrons. The Morgan fingerprint density at radius 3 is 1.67 bits per heavy atom. The maximum atomic E-state index is 13.0. The fraction of sp³-hybridized carbons (Fsp3) is 0.0741. The van der Waals surface area contributed by atoms with Crippen molar-refractivity contribution < 1.29 is 45.7 Å². The van der Waals surface area contributed by atoms with E-state index in [2.05, 4.69) is 9.98 Å². The highest BCUT2D eigenvalue weighted by atomic mass is 32.2. The first-order chi connectivity index (χ1) is 20.3. The molecule has 3 aromatic carbocycles. The number of rotatable bonds is 4. The third-order valence-corrected chi connectivity index (χ3v) is 7.55. The van der Waals surface area contributed by atoms with Gasteiger partial charge in [-0.15, -0.1) is 0 Å². The fourth-order valence-electron chi connectivity index (χ4n) is 4.51. The van der Waals surface area contributed by atoms with E-state index in [1.165, 1.54) is 54.6 Å². The van der Waals surface area contributed by atoms with Crippen LogP contribution in [0.25, 0.3) is 0 Å². The van der Waals surface area contributed by atoms with E-state index >= 15 is 0 Å². The van der Waals surface area contributed by atoms with E-state index in [1.54, 1.807) is 19.1 Å². The monoisotopic (exact) mass is 622 g/mol. The number of fused-ring (bicyclic) bond motifs is 2. The Labute approximate surface area is 245 Å². The summed E-state index contributed by atoms with van der Waals surface area (Å²) in [5.74, 6) is -6.45. The number of carbonyl (C=O) groups excluding carboxylic acids is 5. The van der Waals surface area contributed by atoms with Crippen LogP contribution >= 0.6 is 0 Å². The van der Waals surface area contributed by atoms with Crippen LogP contribution in [0, 0.1) is 6.92 Å². The molecular formula is C27H18N4O10S2. The number of hydrogen-bond acceptors (Lipinski definition) is 10. The summed E-state index contributed by atoms with van der Waals surface area (Å²) in [7, 11) is -4.78. The van der Waals surface area contributed by atoms with Crippen LogP contribution < -0.4 is 0 Å². The molecule has 16 heteroatoms. The van der Waals surface area contributed by atoms with Crippen LogP contribution in [0.5, 0.6) is 0 Å². The van der Waals surface area contributed by atoms with E-state index in [4.69, 9.17) is 4.55 Å². The Bertz CT molecular complexity index is 1980. The Morgan fingerprint density at radius 2 is 1.21 bits per heavy atom. The first-order valence-electron chi connectivity index (χ1n) is 12.1. The average Bonchev–Trinajstić information content (AvgIpc) is 3.39. The van der Waals surface area contributed by atoms with Crippen LogP contribution in [-0.2, 0) is 35.6 Å². The summed E-state index contributed by atoms with van der Waals surface area (Å²) in [6, 6.07) is 16.5. The first kappa shape index (κ1) is 29.5. The minimum Gasteiger partial charge on any atom is -0.300 e. The van der Waals surface area contributed by atoms with E-state index < -0.39 is 55.7 Å². The van der Waals surface area contributed by atoms with Gasteiger partial charge in [0.1, 0.15) is 0 Å². The predicted molar refractivity (Wildman–Crippen MR) is 151 cm³/mol. The third-order valence-electron chi connectivity index (χ3n) is 6.45. The first-order valence-corrected chi connectivity index (χ1v) is 14.8. The van der Waals surface area contributed by atoms with Crippen LogP contribution in [0.3, 0.4) is 0 Å². The Hall–Kier alpha value is -5.03. The molecule has 2 aliphatic heterocycles. The number of carbonyl (C=O) groups is 5. The predicted octanol–water partition coefficient (Wildman–Crippen LogP) is 1.75. The molecular weight excluding hydrogens is 604 g/mol. The minimum absolute atomic E-state index is 0.0224. The van der Waals surface area contributed by atoms with Crippen molar-refractivity contribution in [2.24, 2.45) is 9.98 Å². The number of imide groups is 2. The zero-order valence-corrected chi connectivity index (χ0v) is 23.5. The topological polar surface area (TPSA) is 208 Å². The van der Waals surface area contributed by atoms with Gasteiger partial charge >= 0.3 is 11.0 Å². The fourth-order valence-corrected chi connectivity index (χ4v) is 5.19. The molecule has 2 N–H and O–H groups in total. The second kappa shape index (κ2) is 11.0. The van der Waals surface area contributed by atoms with E-state index in [0.717, 1.165) is 0 Å². The zero-order valence-electron chi connectivity index (χ0n) is 21.8. The third kappa shape index (κ3) is 5.35. The normalized spacial score (nSPS) is 16.9. The summed E-state index contributed by atoms with van der Waals surface area (Å²) in [6.07, 6.45) is 0. The lowest BCUT2D eigenvalue weighted by Gasteiger charge is -2.16. The van der Waals surface area contributed by atoms with Crippen molar-refractivity contribution in [3.63, 3.8) is 0 Å². The molecule has 0 bridgehead atoms. The number of aliphatic imine (C=N–C) groups is 2. The zero-order chi connectivity index (χ0) is 31.2. The Morgan fingerprint density at radius 1 is 0.767 bits per heavy atom. The van der Waals surface area contributed by atoms with Gasteiger partial charge in [-0.2, -0.15) is 8.42 Å². The molecule has 4 amide bonds. The van der Waals surface area contributed by atoms with Crippen molar-refractivity contribution in [3.05, 3.63) is 94.5 Å². The lowest BCUT2D eigenvalue weighted by atomic mass is 10.1. The molecule has 5 rings (SSSR count). The van der Waals surface area contributed by atoms with Gasteiger partial charge in [0, 0.05) is 16.7 Å².